The SMILES string of the molecule is CC(C)c1ccc(-c2nnn(CC(=O)N3CCOCC3)n2)cc1. The van der Waals surface area contributed by atoms with E-state index in [4.69, 9.17) is 4.74 Å². The fourth-order valence-electron chi connectivity index (χ4n) is 2.48. The Hall–Kier alpha value is -2.28. The van der Waals surface area contributed by atoms with Crippen LogP contribution >= 0.6 is 0 Å². The number of nitrogens with zero attached hydrogens (tertiary/aromatic N) is 5. The first-order valence-corrected chi connectivity index (χ1v) is 7.87. The fraction of sp³-hybridized carbons (Fsp3) is 0.500. The van der Waals surface area contributed by atoms with Gasteiger partial charge in [0.05, 0.1) is 13.2 Å². The van der Waals surface area contributed by atoms with Crippen molar-refractivity contribution in [2.75, 3.05) is 26.3 Å². The van der Waals surface area contributed by atoms with Crippen LogP contribution in [0.4, 0.5) is 0 Å². The van der Waals surface area contributed by atoms with Crippen molar-refractivity contribution in [3.05, 3.63) is 29.8 Å². The second-order valence-corrected chi connectivity index (χ2v) is 5.91. The Morgan fingerprint density at radius 3 is 2.57 bits per heavy atom. The predicted octanol–water partition coefficient (Wildman–Crippen LogP) is 1.32. The summed E-state index contributed by atoms with van der Waals surface area (Å²) < 4.78 is 5.24. The zero-order valence-corrected chi connectivity index (χ0v) is 13.5. The van der Waals surface area contributed by atoms with Gasteiger partial charge in [0, 0.05) is 18.7 Å². The number of amides is 1. The van der Waals surface area contributed by atoms with Crippen molar-refractivity contribution in [2.24, 2.45) is 0 Å². The number of morpholine rings is 1. The third-order valence-electron chi connectivity index (χ3n) is 3.93. The molecule has 7 nitrogen and oxygen atoms in total. The van der Waals surface area contributed by atoms with Gasteiger partial charge in [0.15, 0.2) is 0 Å². The topological polar surface area (TPSA) is 73.1 Å². The minimum atomic E-state index is -0.00703. The van der Waals surface area contributed by atoms with Crippen LogP contribution in [0, 0.1) is 0 Å². The first-order valence-electron chi connectivity index (χ1n) is 7.87. The van der Waals surface area contributed by atoms with Crippen molar-refractivity contribution in [1.82, 2.24) is 25.1 Å². The average Bonchev–Trinajstić information content (AvgIpc) is 3.04. The molecule has 1 aromatic heterocycles. The second-order valence-electron chi connectivity index (χ2n) is 5.91. The predicted molar refractivity (Wildman–Crippen MR) is 84.7 cm³/mol. The van der Waals surface area contributed by atoms with Gasteiger partial charge in [-0.2, -0.15) is 4.80 Å². The zero-order valence-electron chi connectivity index (χ0n) is 13.5. The van der Waals surface area contributed by atoms with Crippen molar-refractivity contribution in [3.63, 3.8) is 0 Å². The molecule has 0 unspecified atom stereocenters. The number of aromatic nitrogens is 4. The standard InChI is InChI=1S/C16H21N5O2/c1-12(2)13-3-5-14(6-4-13)16-17-19-21(18-16)11-15(22)20-7-9-23-10-8-20/h3-6,12H,7-11H2,1-2H3. The average molecular weight is 315 g/mol. The highest BCUT2D eigenvalue weighted by molar-refractivity contribution is 5.75. The van der Waals surface area contributed by atoms with Gasteiger partial charge >= 0.3 is 0 Å². The zero-order chi connectivity index (χ0) is 16.2. The van der Waals surface area contributed by atoms with E-state index < -0.39 is 0 Å². The third kappa shape index (κ3) is 3.73. The van der Waals surface area contributed by atoms with E-state index in [2.05, 4.69) is 41.4 Å². The highest BCUT2D eigenvalue weighted by atomic mass is 16.5. The van der Waals surface area contributed by atoms with E-state index in [1.165, 1.54) is 10.4 Å². The van der Waals surface area contributed by atoms with Gasteiger partial charge in [0.1, 0.15) is 6.54 Å². The first kappa shape index (κ1) is 15.6. The molecule has 2 aromatic rings. The van der Waals surface area contributed by atoms with E-state index in [1.807, 2.05) is 12.1 Å². The molecular weight excluding hydrogens is 294 g/mol. The van der Waals surface area contributed by atoms with E-state index in [0.29, 0.717) is 38.0 Å². The minimum absolute atomic E-state index is 0.00703. The summed E-state index contributed by atoms with van der Waals surface area (Å²) in [5.74, 6) is 1.02. The molecule has 1 aliphatic rings. The number of ether oxygens (including phenoxy) is 1. The number of benzene rings is 1. The van der Waals surface area contributed by atoms with Crippen molar-refractivity contribution in [3.8, 4) is 11.4 Å². The van der Waals surface area contributed by atoms with E-state index in [-0.39, 0.29) is 12.5 Å². The maximum Gasteiger partial charge on any atom is 0.246 e. The fourth-order valence-corrected chi connectivity index (χ4v) is 2.48. The number of hydrogen-bond donors (Lipinski definition) is 0. The molecule has 1 aliphatic heterocycles. The van der Waals surface area contributed by atoms with Crippen molar-refractivity contribution < 1.29 is 9.53 Å². The summed E-state index contributed by atoms with van der Waals surface area (Å²) >= 11 is 0. The largest absolute Gasteiger partial charge is 0.378 e. The molecule has 7 heteroatoms. The smallest absolute Gasteiger partial charge is 0.246 e. The van der Waals surface area contributed by atoms with E-state index in [0.717, 1.165) is 5.56 Å². The van der Waals surface area contributed by atoms with Gasteiger partial charge in [0.2, 0.25) is 11.7 Å². The maximum absolute atomic E-state index is 12.2. The van der Waals surface area contributed by atoms with Crippen molar-refractivity contribution in [2.45, 2.75) is 26.3 Å². The number of hydrogen-bond acceptors (Lipinski definition) is 5. The number of carbonyl (C=O) groups is 1. The van der Waals surface area contributed by atoms with Crippen LogP contribution in [-0.4, -0.2) is 57.3 Å². The summed E-state index contributed by atoms with van der Waals surface area (Å²) in [6, 6.07) is 8.11. The number of rotatable bonds is 4. The molecule has 0 aliphatic carbocycles. The summed E-state index contributed by atoms with van der Waals surface area (Å²) in [5, 5.41) is 12.3. The summed E-state index contributed by atoms with van der Waals surface area (Å²) in [5.41, 5.74) is 2.17. The second kappa shape index (κ2) is 6.87. The molecule has 23 heavy (non-hydrogen) atoms. The molecule has 1 amide bonds. The third-order valence-corrected chi connectivity index (χ3v) is 3.93. The number of carbonyl (C=O) groups excluding carboxylic acids is 1. The van der Waals surface area contributed by atoms with Crippen LogP contribution in [0.15, 0.2) is 24.3 Å². The summed E-state index contributed by atoms with van der Waals surface area (Å²) in [7, 11) is 0. The Morgan fingerprint density at radius 2 is 1.91 bits per heavy atom. The molecule has 122 valence electrons. The van der Waals surface area contributed by atoms with E-state index >= 15 is 0 Å². The van der Waals surface area contributed by atoms with E-state index in [1.54, 1.807) is 4.90 Å². The normalized spacial score (nSPS) is 15.2. The van der Waals surface area contributed by atoms with E-state index in [9.17, 15) is 4.79 Å². The van der Waals surface area contributed by atoms with Gasteiger partial charge in [-0.25, -0.2) is 0 Å². The van der Waals surface area contributed by atoms with Gasteiger partial charge in [-0.15, -0.1) is 10.2 Å². The lowest BCUT2D eigenvalue weighted by Gasteiger charge is -2.26. The molecule has 1 saturated heterocycles. The lowest BCUT2D eigenvalue weighted by molar-refractivity contribution is -0.136. The lowest BCUT2D eigenvalue weighted by atomic mass is 10.0. The summed E-state index contributed by atoms with van der Waals surface area (Å²) in [4.78, 5) is 15.3. The monoisotopic (exact) mass is 315 g/mol. The molecular formula is C16H21N5O2. The van der Waals surface area contributed by atoms with Crippen molar-refractivity contribution in [1.29, 1.82) is 0 Å². The Labute approximate surface area is 135 Å². The summed E-state index contributed by atoms with van der Waals surface area (Å²) in [6.45, 7) is 6.83. The Kier molecular flexibility index (Phi) is 4.66. The van der Waals surface area contributed by atoms with Crippen molar-refractivity contribution >= 4 is 5.91 Å². The van der Waals surface area contributed by atoms with Crippen LogP contribution in [0.5, 0.6) is 0 Å². The Bertz CT molecular complexity index is 659. The minimum Gasteiger partial charge on any atom is -0.378 e. The maximum atomic E-state index is 12.2. The highest BCUT2D eigenvalue weighted by Gasteiger charge is 2.18. The van der Waals surface area contributed by atoms with Crippen LogP contribution in [-0.2, 0) is 16.1 Å². The van der Waals surface area contributed by atoms with Gasteiger partial charge in [0.25, 0.3) is 0 Å². The molecule has 0 radical (unpaired) electrons. The molecule has 2 heterocycles. The molecule has 0 saturated carbocycles. The quantitative estimate of drug-likeness (QED) is 0.851. The van der Waals surface area contributed by atoms with Gasteiger partial charge < -0.3 is 9.64 Å². The molecule has 0 N–H and O–H groups in total. The van der Waals surface area contributed by atoms with Gasteiger partial charge in [-0.3, -0.25) is 4.79 Å². The Balaban J connectivity index is 1.66. The van der Waals surface area contributed by atoms with Crippen LogP contribution in [0.3, 0.4) is 0 Å². The molecule has 3 rings (SSSR count). The van der Waals surface area contributed by atoms with Gasteiger partial charge in [-0.1, -0.05) is 38.1 Å². The van der Waals surface area contributed by atoms with Crippen LogP contribution in [0.2, 0.25) is 0 Å². The molecule has 0 bridgehead atoms. The lowest BCUT2D eigenvalue weighted by Crippen LogP contribution is -2.42. The molecule has 0 spiro atoms. The highest BCUT2D eigenvalue weighted by Crippen LogP contribution is 2.19. The molecule has 1 fully saturated rings. The molecule has 0 atom stereocenters. The van der Waals surface area contributed by atoms with Crippen LogP contribution in [0.25, 0.3) is 11.4 Å². The number of tetrazole rings is 1. The van der Waals surface area contributed by atoms with Gasteiger partial charge in [-0.05, 0) is 16.7 Å². The van der Waals surface area contributed by atoms with Crippen LogP contribution < -0.4 is 0 Å². The summed E-state index contributed by atoms with van der Waals surface area (Å²) in [6.07, 6.45) is 0. The Morgan fingerprint density at radius 1 is 1.22 bits per heavy atom. The van der Waals surface area contributed by atoms with Crippen LogP contribution in [0.1, 0.15) is 25.3 Å². The molecule has 1 aromatic carbocycles. The first-order chi connectivity index (χ1) is 11.1.